The molecular weight excluding hydrogens is 256 g/mol. The lowest BCUT2D eigenvalue weighted by atomic mass is 10.2. The Morgan fingerprint density at radius 2 is 2.42 bits per heavy atom. The Morgan fingerprint density at radius 1 is 1.63 bits per heavy atom. The molecule has 2 N–H and O–H groups in total. The summed E-state index contributed by atoms with van der Waals surface area (Å²) in [6, 6.07) is 2.97. The Morgan fingerprint density at radius 3 is 3.11 bits per heavy atom. The van der Waals surface area contributed by atoms with Gasteiger partial charge in [-0.05, 0) is 12.1 Å². The van der Waals surface area contributed by atoms with Crippen LogP contribution < -0.4 is 10.6 Å². The lowest BCUT2D eigenvalue weighted by Crippen LogP contribution is -2.44. The third-order valence-electron chi connectivity index (χ3n) is 3.17. The Hall–Kier alpha value is -1.47. The summed E-state index contributed by atoms with van der Waals surface area (Å²) in [4.78, 5) is 12.1. The molecule has 106 valence electrons. The van der Waals surface area contributed by atoms with E-state index in [1.807, 2.05) is 0 Å². The maximum atomic E-state index is 12.4. The highest BCUT2D eigenvalue weighted by Crippen LogP contribution is 2.09. The monoisotopic (exact) mass is 273 g/mol. The van der Waals surface area contributed by atoms with Crippen molar-refractivity contribution in [3.8, 4) is 0 Å². The number of alkyl halides is 2. The molecule has 1 aliphatic rings. The molecule has 2 rings (SSSR count). The van der Waals surface area contributed by atoms with Crippen LogP contribution >= 0.6 is 0 Å². The van der Waals surface area contributed by atoms with Gasteiger partial charge in [0.2, 0.25) is 0 Å². The van der Waals surface area contributed by atoms with Gasteiger partial charge in [-0.1, -0.05) is 0 Å². The van der Waals surface area contributed by atoms with Gasteiger partial charge in [0.25, 0.3) is 12.3 Å². The first kappa shape index (κ1) is 14.0. The van der Waals surface area contributed by atoms with Crippen molar-refractivity contribution in [2.75, 3.05) is 20.2 Å². The summed E-state index contributed by atoms with van der Waals surface area (Å²) in [5, 5.41) is 5.91. The Balaban J connectivity index is 2.01. The predicted octanol–water partition coefficient (Wildman–Crippen LogP) is 0.470. The van der Waals surface area contributed by atoms with E-state index in [-0.39, 0.29) is 23.7 Å². The summed E-state index contributed by atoms with van der Waals surface area (Å²) in [7, 11) is 1.58. The Kier molecular flexibility index (Phi) is 4.49. The van der Waals surface area contributed by atoms with Crippen LogP contribution in [0.3, 0.4) is 0 Å². The minimum Gasteiger partial charge on any atom is -0.378 e. The van der Waals surface area contributed by atoms with Crippen molar-refractivity contribution in [1.29, 1.82) is 0 Å². The number of nitrogens with zero attached hydrogens (tertiary/aromatic N) is 1. The van der Waals surface area contributed by atoms with Crippen LogP contribution in [0.15, 0.2) is 18.3 Å². The number of aromatic nitrogens is 1. The average molecular weight is 273 g/mol. The largest absolute Gasteiger partial charge is 0.378 e. The molecule has 1 unspecified atom stereocenters. The predicted molar refractivity (Wildman–Crippen MR) is 65.4 cm³/mol. The normalized spacial score (nSPS) is 22.9. The first-order chi connectivity index (χ1) is 9.11. The number of hydrogen-bond acceptors (Lipinski definition) is 3. The smallest absolute Gasteiger partial charge is 0.268 e. The lowest BCUT2D eigenvalue weighted by Gasteiger charge is -2.19. The second-order valence-corrected chi connectivity index (χ2v) is 4.45. The molecule has 0 saturated carbocycles. The fraction of sp³-hybridized carbons (Fsp3) is 0.583. The van der Waals surface area contributed by atoms with E-state index in [4.69, 9.17) is 4.74 Å². The first-order valence-electron chi connectivity index (χ1n) is 6.09. The van der Waals surface area contributed by atoms with Crippen LogP contribution in [-0.2, 0) is 11.3 Å². The minimum atomic E-state index is -2.49. The Labute approximate surface area is 109 Å². The summed E-state index contributed by atoms with van der Waals surface area (Å²) in [5.41, 5.74) is 0.238. The molecule has 1 aromatic rings. The number of carbonyl (C=O) groups excluding carboxylic acids is 1. The number of halogens is 2. The fourth-order valence-corrected chi connectivity index (χ4v) is 2.22. The molecule has 0 aliphatic carbocycles. The van der Waals surface area contributed by atoms with Gasteiger partial charge in [0, 0.05) is 26.4 Å². The van der Waals surface area contributed by atoms with Crippen molar-refractivity contribution in [2.24, 2.45) is 0 Å². The van der Waals surface area contributed by atoms with Gasteiger partial charge in [-0.15, -0.1) is 0 Å². The summed E-state index contributed by atoms with van der Waals surface area (Å²) < 4.78 is 31.2. The van der Waals surface area contributed by atoms with Gasteiger partial charge in [-0.2, -0.15) is 0 Å². The molecule has 1 aliphatic heterocycles. The molecule has 19 heavy (non-hydrogen) atoms. The number of nitrogens with one attached hydrogen (secondary N) is 2. The Bertz CT molecular complexity index is 436. The molecule has 2 heterocycles. The van der Waals surface area contributed by atoms with Gasteiger partial charge in [0.15, 0.2) is 0 Å². The fourth-order valence-electron chi connectivity index (χ4n) is 2.22. The first-order valence-corrected chi connectivity index (χ1v) is 6.09. The molecule has 0 spiro atoms. The van der Waals surface area contributed by atoms with Crippen molar-refractivity contribution in [1.82, 2.24) is 15.2 Å². The molecule has 1 saturated heterocycles. The zero-order chi connectivity index (χ0) is 13.8. The van der Waals surface area contributed by atoms with E-state index in [2.05, 4.69) is 10.6 Å². The van der Waals surface area contributed by atoms with E-state index >= 15 is 0 Å². The number of amides is 1. The van der Waals surface area contributed by atoms with E-state index in [1.54, 1.807) is 13.2 Å². The SMILES string of the molecule is CO[C@H]1CNCC1NC(=O)c1cccn1CC(F)F. The van der Waals surface area contributed by atoms with Gasteiger partial charge < -0.3 is 19.9 Å². The number of hydrogen-bond donors (Lipinski definition) is 2. The molecule has 5 nitrogen and oxygen atoms in total. The maximum absolute atomic E-state index is 12.4. The van der Waals surface area contributed by atoms with Crippen LogP contribution in [0.25, 0.3) is 0 Å². The second kappa shape index (κ2) is 6.12. The standard InChI is InChI=1S/C12H17F2N3O2/c1-19-10-6-15-5-8(10)16-12(18)9-3-2-4-17(9)7-11(13)14/h2-4,8,10-11,15H,5-7H2,1H3,(H,16,18)/t8?,10-/m0/s1. The van der Waals surface area contributed by atoms with E-state index in [0.717, 1.165) is 0 Å². The quantitative estimate of drug-likeness (QED) is 0.820. The van der Waals surface area contributed by atoms with Crippen molar-refractivity contribution in [2.45, 2.75) is 25.1 Å². The van der Waals surface area contributed by atoms with Crippen molar-refractivity contribution in [3.63, 3.8) is 0 Å². The van der Waals surface area contributed by atoms with Crippen LogP contribution in [0.5, 0.6) is 0 Å². The number of ether oxygens (including phenoxy) is 1. The van der Waals surface area contributed by atoms with E-state index in [0.29, 0.717) is 13.1 Å². The van der Waals surface area contributed by atoms with E-state index < -0.39 is 13.0 Å². The third-order valence-corrected chi connectivity index (χ3v) is 3.17. The summed E-state index contributed by atoms with van der Waals surface area (Å²) in [5.74, 6) is -0.360. The molecule has 1 aromatic heterocycles. The molecule has 1 fully saturated rings. The average Bonchev–Trinajstić information content (AvgIpc) is 2.97. The van der Waals surface area contributed by atoms with Crippen molar-refractivity contribution in [3.05, 3.63) is 24.0 Å². The van der Waals surface area contributed by atoms with Crippen molar-refractivity contribution < 1.29 is 18.3 Å². The highest BCUT2D eigenvalue weighted by Gasteiger charge is 2.29. The summed E-state index contributed by atoms with van der Waals surface area (Å²) in [6.07, 6.45) is -1.11. The lowest BCUT2D eigenvalue weighted by molar-refractivity contribution is 0.0766. The van der Waals surface area contributed by atoms with Gasteiger partial charge >= 0.3 is 0 Å². The molecule has 0 bridgehead atoms. The topological polar surface area (TPSA) is 55.3 Å². The summed E-state index contributed by atoms with van der Waals surface area (Å²) in [6.45, 7) is 0.797. The molecule has 1 amide bonds. The number of rotatable bonds is 5. The van der Waals surface area contributed by atoms with E-state index in [9.17, 15) is 13.6 Å². The van der Waals surface area contributed by atoms with Crippen LogP contribution in [0.4, 0.5) is 8.78 Å². The molecule has 7 heteroatoms. The molecule has 0 radical (unpaired) electrons. The van der Waals surface area contributed by atoms with Gasteiger partial charge in [0.1, 0.15) is 5.69 Å². The maximum Gasteiger partial charge on any atom is 0.268 e. The van der Waals surface area contributed by atoms with Crippen LogP contribution in [0.1, 0.15) is 10.5 Å². The highest BCUT2D eigenvalue weighted by atomic mass is 19.3. The third kappa shape index (κ3) is 3.30. The minimum absolute atomic E-state index is 0.0949. The highest BCUT2D eigenvalue weighted by molar-refractivity contribution is 5.93. The van der Waals surface area contributed by atoms with Crippen LogP contribution in [0.2, 0.25) is 0 Å². The number of carbonyl (C=O) groups is 1. The number of methoxy groups -OCH3 is 1. The van der Waals surface area contributed by atoms with Gasteiger partial charge in [-0.25, -0.2) is 8.78 Å². The second-order valence-electron chi connectivity index (χ2n) is 4.45. The van der Waals surface area contributed by atoms with Crippen molar-refractivity contribution >= 4 is 5.91 Å². The van der Waals surface area contributed by atoms with E-state index in [1.165, 1.54) is 16.8 Å². The van der Waals surface area contributed by atoms with Gasteiger partial charge in [0.05, 0.1) is 18.7 Å². The van der Waals surface area contributed by atoms with Crippen LogP contribution in [0, 0.1) is 0 Å². The molecule has 0 aromatic carbocycles. The molecule has 2 atom stereocenters. The van der Waals surface area contributed by atoms with Gasteiger partial charge in [-0.3, -0.25) is 4.79 Å². The zero-order valence-corrected chi connectivity index (χ0v) is 10.6. The van der Waals surface area contributed by atoms with Crippen LogP contribution in [-0.4, -0.2) is 49.2 Å². The molecular formula is C12H17F2N3O2. The summed E-state index contributed by atoms with van der Waals surface area (Å²) >= 11 is 0. The zero-order valence-electron chi connectivity index (χ0n) is 10.6.